The van der Waals surface area contributed by atoms with E-state index in [4.69, 9.17) is 23.4 Å². The number of allylic oxidation sites excluding steroid dienone is 1. The van der Waals surface area contributed by atoms with E-state index in [0.29, 0.717) is 17.1 Å². The van der Waals surface area contributed by atoms with Crippen molar-refractivity contribution < 1.29 is 28.5 Å². The number of ether oxygens (including phenoxy) is 4. The van der Waals surface area contributed by atoms with Crippen LogP contribution in [0.3, 0.4) is 0 Å². The molecular weight excluding hydrogens is 388 g/mol. The van der Waals surface area contributed by atoms with Gasteiger partial charge in [0.05, 0.1) is 21.3 Å². The molecule has 0 radical (unpaired) electrons. The highest BCUT2D eigenvalue weighted by atomic mass is 16.5. The smallest absolute Gasteiger partial charge is 0.211 e. The van der Waals surface area contributed by atoms with Crippen molar-refractivity contribution in [2.24, 2.45) is 0 Å². The summed E-state index contributed by atoms with van der Waals surface area (Å²) in [6, 6.07) is 8.37. The van der Waals surface area contributed by atoms with Crippen molar-refractivity contribution in [3.63, 3.8) is 0 Å². The maximum atomic E-state index is 12.9. The number of benzene rings is 2. The molecule has 0 aliphatic carbocycles. The minimum atomic E-state index is -0.438. The molecule has 0 saturated heterocycles. The Bertz CT molecular complexity index is 1140. The first-order chi connectivity index (χ1) is 14.4. The molecule has 0 unspecified atom stereocenters. The summed E-state index contributed by atoms with van der Waals surface area (Å²) in [5.74, 6) is 0.943. The van der Waals surface area contributed by atoms with Crippen LogP contribution in [-0.4, -0.2) is 33.0 Å². The third-order valence-electron chi connectivity index (χ3n) is 4.52. The van der Waals surface area contributed by atoms with E-state index >= 15 is 0 Å². The largest absolute Gasteiger partial charge is 0.504 e. The van der Waals surface area contributed by atoms with E-state index < -0.39 is 5.43 Å². The van der Waals surface area contributed by atoms with Crippen LogP contribution in [0, 0.1) is 0 Å². The first-order valence-corrected chi connectivity index (χ1v) is 9.26. The van der Waals surface area contributed by atoms with Crippen LogP contribution in [-0.2, 0) is 0 Å². The number of methoxy groups -OCH3 is 3. The first kappa shape index (κ1) is 21.1. The molecule has 2 aromatic carbocycles. The van der Waals surface area contributed by atoms with Gasteiger partial charge >= 0.3 is 0 Å². The van der Waals surface area contributed by atoms with Gasteiger partial charge in [0.2, 0.25) is 17.2 Å². The van der Waals surface area contributed by atoms with Crippen molar-refractivity contribution in [3.05, 3.63) is 52.2 Å². The Kier molecular flexibility index (Phi) is 6.20. The molecule has 30 heavy (non-hydrogen) atoms. The van der Waals surface area contributed by atoms with Gasteiger partial charge in [0.25, 0.3) is 0 Å². The van der Waals surface area contributed by atoms with E-state index in [1.54, 1.807) is 31.4 Å². The fourth-order valence-electron chi connectivity index (χ4n) is 3.00. The maximum Gasteiger partial charge on any atom is 0.211 e. The van der Waals surface area contributed by atoms with Crippen LogP contribution < -0.4 is 24.4 Å². The molecule has 0 bridgehead atoms. The van der Waals surface area contributed by atoms with Gasteiger partial charge < -0.3 is 28.5 Å². The summed E-state index contributed by atoms with van der Waals surface area (Å²) >= 11 is 0. The van der Waals surface area contributed by atoms with Crippen LogP contribution >= 0.6 is 0 Å². The van der Waals surface area contributed by atoms with Crippen molar-refractivity contribution in [1.82, 2.24) is 0 Å². The molecule has 0 spiro atoms. The summed E-state index contributed by atoms with van der Waals surface area (Å²) in [6.45, 7) is 4.11. The first-order valence-electron chi connectivity index (χ1n) is 9.26. The Labute approximate surface area is 174 Å². The lowest BCUT2D eigenvalue weighted by Crippen LogP contribution is -2.06. The zero-order valence-corrected chi connectivity index (χ0v) is 17.6. The minimum absolute atomic E-state index is 0.00556. The summed E-state index contributed by atoms with van der Waals surface area (Å²) in [5.41, 5.74) is 1.36. The highest BCUT2D eigenvalue weighted by Crippen LogP contribution is 2.50. The van der Waals surface area contributed by atoms with Gasteiger partial charge in [-0.25, -0.2) is 0 Å². The standard InChI is InChI=1S/C23H24O7/c1-13(2)10-11-29-23-21(27-4)19(25)18-16(24)12-17(30-20(18)22(23)28-5)14-6-8-15(26-3)9-7-14/h6-10,12,25H,11H2,1-5H3. The minimum Gasteiger partial charge on any atom is -0.504 e. The van der Waals surface area contributed by atoms with Gasteiger partial charge in [0, 0.05) is 11.6 Å². The molecule has 1 N–H and O–H groups in total. The average molecular weight is 412 g/mol. The van der Waals surface area contributed by atoms with Crippen LogP contribution in [0.4, 0.5) is 0 Å². The molecule has 1 aromatic heterocycles. The number of aromatic hydroxyl groups is 1. The Hall–Kier alpha value is -3.61. The van der Waals surface area contributed by atoms with Crippen LogP contribution in [0.25, 0.3) is 22.3 Å². The molecule has 7 nitrogen and oxygen atoms in total. The number of rotatable bonds is 7. The van der Waals surface area contributed by atoms with E-state index in [1.807, 2.05) is 19.9 Å². The predicted molar refractivity (Wildman–Crippen MR) is 114 cm³/mol. The fraction of sp³-hybridized carbons (Fsp3) is 0.261. The topological polar surface area (TPSA) is 87.4 Å². The number of hydrogen-bond donors (Lipinski definition) is 1. The van der Waals surface area contributed by atoms with E-state index in [-0.39, 0.29) is 40.6 Å². The van der Waals surface area contributed by atoms with Crippen LogP contribution in [0.15, 0.2) is 51.2 Å². The normalized spacial score (nSPS) is 10.6. The molecule has 3 aromatic rings. The zero-order chi connectivity index (χ0) is 21.8. The number of phenols is 1. The van der Waals surface area contributed by atoms with Gasteiger partial charge in [-0.1, -0.05) is 5.57 Å². The van der Waals surface area contributed by atoms with Crippen molar-refractivity contribution in [1.29, 1.82) is 0 Å². The summed E-state index contributed by atoms with van der Waals surface area (Å²) < 4.78 is 27.8. The maximum absolute atomic E-state index is 12.9. The molecule has 0 aliphatic rings. The summed E-state index contributed by atoms with van der Waals surface area (Å²) in [7, 11) is 4.38. The lowest BCUT2D eigenvalue weighted by molar-refractivity contribution is 0.291. The molecule has 0 fully saturated rings. The van der Waals surface area contributed by atoms with E-state index in [9.17, 15) is 9.90 Å². The Morgan fingerprint density at radius 1 is 1.00 bits per heavy atom. The quantitative estimate of drug-likeness (QED) is 0.570. The Balaban J connectivity index is 2.26. The molecule has 0 atom stereocenters. The van der Waals surface area contributed by atoms with E-state index in [2.05, 4.69) is 0 Å². The number of fused-ring (bicyclic) bond motifs is 1. The van der Waals surface area contributed by atoms with Crippen molar-refractivity contribution in [3.8, 4) is 40.1 Å². The molecule has 1 heterocycles. The lowest BCUT2D eigenvalue weighted by atomic mass is 10.1. The molecule has 7 heteroatoms. The van der Waals surface area contributed by atoms with Crippen molar-refractivity contribution in [2.45, 2.75) is 13.8 Å². The average Bonchev–Trinajstić information content (AvgIpc) is 2.73. The van der Waals surface area contributed by atoms with Crippen LogP contribution in [0.1, 0.15) is 13.8 Å². The molecule has 0 amide bonds. The van der Waals surface area contributed by atoms with Gasteiger partial charge in [0.1, 0.15) is 23.5 Å². The predicted octanol–water partition coefficient (Wildman–Crippen LogP) is 4.54. The third-order valence-corrected chi connectivity index (χ3v) is 4.52. The Morgan fingerprint density at radius 2 is 1.67 bits per heavy atom. The van der Waals surface area contributed by atoms with Gasteiger partial charge in [-0.05, 0) is 44.2 Å². The zero-order valence-electron chi connectivity index (χ0n) is 17.6. The van der Waals surface area contributed by atoms with E-state index in [1.165, 1.54) is 20.3 Å². The molecule has 0 saturated carbocycles. The van der Waals surface area contributed by atoms with Crippen molar-refractivity contribution >= 4 is 11.0 Å². The van der Waals surface area contributed by atoms with Crippen LogP contribution in [0.2, 0.25) is 0 Å². The van der Waals surface area contributed by atoms with Gasteiger partial charge in [-0.2, -0.15) is 0 Å². The van der Waals surface area contributed by atoms with Gasteiger partial charge in [0.15, 0.2) is 16.8 Å². The summed E-state index contributed by atoms with van der Waals surface area (Å²) in [4.78, 5) is 12.9. The highest BCUT2D eigenvalue weighted by molar-refractivity contribution is 5.95. The van der Waals surface area contributed by atoms with Crippen LogP contribution in [0.5, 0.6) is 28.7 Å². The Morgan fingerprint density at radius 3 is 2.23 bits per heavy atom. The van der Waals surface area contributed by atoms with Crippen molar-refractivity contribution in [2.75, 3.05) is 27.9 Å². The monoisotopic (exact) mass is 412 g/mol. The fourth-order valence-corrected chi connectivity index (χ4v) is 3.00. The van der Waals surface area contributed by atoms with E-state index in [0.717, 1.165) is 5.57 Å². The lowest BCUT2D eigenvalue weighted by Gasteiger charge is -2.17. The summed E-state index contributed by atoms with van der Waals surface area (Å²) in [6.07, 6.45) is 1.87. The second-order valence-corrected chi connectivity index (χ2v) is 6.74. The third kappa shape index (κ3) is 3.91. The number of phenolic OH excluding ortho intramolecular Hbond substituents is 1. The van der Waals surface area contributed by atoms with Gasteiger partial charge in [-0.3, -0.25) is 4.79 Å². The highest BCUT2D eigenvalue weighted by Gasteiger charge is 2.26. The summed E-state index contributed by atoms with van der Waals surface area (Å²) in [5, 5.41) is 10.7. The number of hydrogen-bond acceptors (Lipinski definition) is 7. The molecule has 158 valence electrons. The molecule has 3 rings (SSSR count). The second kappa shape index (κ2) is 8.82. The molecular formula is C23H24O7. The van der Waals surface area contributed by atoms with Gasteiger partial charge in [-0.15, -0.1) is 0 Å². The second-order valence-electron chi connectivity index (χ2n) is 6.74. The molecule has 0 aliphatic heterocycles. The SMILES string of the molecule is COc1ccc(-c2cc(=O)c3c(O)c(OC)c(OCC=C(C)C)c(OC)c3o2)cc1.